The summed E-state index contributed by atoms with van der Waals surface area (Å²) in [4.78, 5) is 30.3. The van der Waals surface area contributed by atoms with Crippen molar-refractivity contribution in [2.24, 2.45) is 0 Å². The maximum Gasteiger partial charge on any atom is 0.358 e. The third-order valence-electron chi connectivity index (χ3n) is 3.87. The molecule has 0 aliphatic heterocycles. The largest absolute Gasteiger partial charge is 0.451 e. The van der Waals surface area contributed by atoms with Gasteiger partial charge in [0.15, 0.2) is 12.3 Å². The van der Waals surface area contributed by atoms with Crippen molar-refractivity contribution < 1.29 is 14.3 Å². The quantitative estimate of drug-likeness (QED) is 0.717. The van der Waals surface area contributed by atoms with E-state index in [1.165, 1.54) is 0 Å². The highest BCUT2D eigenvalue weighted by Gasteiger charge is 2.14. The summed E-state index contributed by atoms with van der Waals surface area (Å²) < 4.78 is 5.11. The zero-order chi connectivity index (χ0) is 18.5. The maximum atomic E-state index is 12.3. The average molecular weight is 349 g/mol. The van der Waals surface area contributed by atoms with Gasteiger partial charge in [-0.25, -0.2) is 9.78 Å². The molecule has 6 nitrogen and oxygen atoms in total. The molecular formula is C20H19N3O3. The molecule has 0 fully saturated rings. The number of esters is 1. The summed E-state index contributed by atoms with van der Waals surface area (Å²) in [5, 5.41) is 4.28. The Morgan fingerprint density at radius 1 is 1.04 bits per heavy atom. The fourth-order valence-corrected chi connectivity index (χ4v) is 2.52. The van der Waals surface area contributed by atoms with Crippen molar-refractivity contribution in [3.05, 3.63) is 66.5 Å². The number of hydrogen-bond donors (Lipinski definition) is 1. The van der Waals surface area contributed by atoms with Crippen LogP contribution in [0.5, 0.6) is 0 Å². The summed E-state index contributed by atoms with van der Waals surface area (Å²) in [6, 6.07) is 16.6. The Morgan fingerprint density at radius 2 is 1.77 bits per heavy atom. The molecule has 1 aromatic heterocycles. The summed E-state index contributed by atoms with van der Waals surface area (Å²) in [6.07, 6.45) is 1.55. The smallest absolute Gasteiger partial charge is 0.358 e. The molecule has 0 atom stereocenters. The van der Waals surface area contributed by atoms with Crippen LogP contribution in [0.15, 0.2) is 60.8 Å². The van der Waals surface area contributed by atoms with Crippen LogP contribution in [0.3, 0.4) is 0 Å². The highest BCUT2D eigenvalue weighted by Crippen LogP contribution is 2.17. The maximum absolute atomic E-state index is 12.3. The van der Waals surface area contributed by atoms with E-state index >= 15 is 0 Å². The molecule has 6 heteroatoms. The number of nitrogens with one attached hydrogen (secondary N) is 1. The third-order valence-corrected chi connectivity index (χ3v) is 3.87. The normalized spacial score (nSPS) is 10.4. The van der Waals surface area contributed by atoms with E-state index in [0.717, 1.165) is 11.1 Å². The Balaban J connectivity index is 1.61. The number of carbonyl (C=O) groups excluding carboxylic acids is 2. The lowest BCUT2D eigenvalue weighted by Crippen LogP contribution is -2.21. The van der Waals surface area contributed by atoms with Crippen LogP contribution in [0.4, 0.5) is 11.4 Å². The minimum Gasteiger partial charge on any atom is -0.451 e. The van der Waals surface area contributed by atoms with Crippen molar-refractivity contribution in [2.45, 2.75) is 0 Å². The molecule has 0 spiro atoms. The van der Waals surface area contributed by atoms with E-state index in [9.17, 15) is 9.59 Å². The second-order valence-electron chi connectivity index (χ2n) is 5.95. The predicted molar refractivity (Wildman–Crippen MR) is 101 cm³/mol. The standard InChI is InChI=1S/C20H19N3O3/c1-23(2)16-9-7-15(8-10-16)22-18(24)13-26-20(25)19-17-6-4-3-5-14(17)11-12-21-19/h3-12H,13H2,1-2H3,(H,22,24). The van der Waals surface area contributed by atoms with E-state index in [1.807, 2.05) is 55.4 Å². The van der Waals surface area contributed by atoms with Crippen LogP contribution in [0.1, 0.15) is 10.5 Å². The van der Waals surface area contributed by atoms with E-state index in [4.69, 9.17) is 4.74 Å². The van der Waals surface area contributed by atoms with Crippen LogP contribution < -0.4 is 10.2 Å². The number of fused-ring (bicyclic) bond motifs is 1. The molecule has 26 heavy (non-hydrogen) atoms. The van der Waals surface area contributed by atoms with Gasteiger partial charge in [-0.3, -0.25) is 4.79 Å². The van der Waals surface area contributed by atoms with Crippen LogP contribution in [0.25, 0.3) is 10.8 Å². The Bertz CT molecular complexity index is 931. The van der Waals surface area contributed by atoms with Crippen LogP contribution in [-0.2, 0) is 9.53 Å². The fraction of sp³-hybridized carbons (Fsp3) is 0.150. The summed E-state index contributed by atoms with van der Waals surface area (Å²) in [5.41, 5.74) is 1.86. The molecule has 1 N–H and O–H groups in total. The van der Waals surface area contributed by atoms with Crippen molar-refractivity contribution in [2.75, 3.05) is 30.9 Å². The van der Waals surface area contributed by atoms with Gasteiger partial charge in [0, 0.05) is 37.1 Å². The van der Waals surface area contributed by atoms with Crippen LogP contribution in [0, 0.1) is 0 Å². The van der Waals surface area contributed by atoms with E-state index in [1.54, 1.807) is 24.4 Å². The number of rotatable bonds is 5. The number of aromatic nitrogens is 1. The van der Waals surface area contributed by atoms with E-state index in [-0.39, 0.29) is 12.3 Å². The number of benzene rings is 2. The van der Waals surface area contributed by atoms with Crippen LogP contribution in [-0.4, -0.2) is 37.6 Å². The van der Waals surface area contributed by atoms with E-state index in [2.05, 4.69) is 10.3 Å². The van der Waals surface area contributed by atoms with Crippen LogP contribution >= 0.6 is 0 Å². The Kier molecular flexibility index (Phi) is 5.12. The molecule has 0 radical (unpaired) electrons. The predicted octanol–water partition coefficient (Wildman–Crippen LogP) is 3.10. The number of anilines is 2. The Hall–Kier alpha value is -3.41. The SMILES string of the molecule is CN(C)c1ccc(NC(=O)COC(=O)c2nccc3ccccc23)cc1. The number of nitrogens with zero attached hydrogens (tertiary/aromatic N) is 2. The molecule has 3 rings (SSSR count). The monoisotopic (exact) mass is 349 g/mol. The lowest BCUT2D eigenvalue weighted by Gasteiger charge is -2.13. The first-order valence-electron chi connectivity index (χ1n) is 8.13. The van der Waals surface area contributed by atoms with Crippen molar-refractivity contribution in [3.8, 4) is 0 Å². The molecule has 3 aromatic rings. The van der Waals surface area contributed by atoms with Gasteiger partial charge in [0.1, 0.15) is 0 Å². The van der Waals surface area contributed by atoms with Crippen molar-refractivity contribution in [3.63, 3.8) is 0 Å². The highest BCUT2D eigenvalue weighted by molar-refractivity contribution is 6.03. The van der Waals surface area contributed by atoms with E-state index < -0.39 is 11.9 Å². The molecule has 0 saturated carbocycles. The van der Waals surface area contributed by atoms with Crippen LogP contribution in [0.2, 0.25) is 0 Å². The lowest BCUT2D eigenvalue weighted by molar-refractivity contribution is -0.119. The Labute approximate surface area is 151 Å². The highest BCUT2D eigenvalue weighted by atomic mass is 16.5. The number of ether oxygens (including phenoxy) is 1. The summed E-state index contributed by atoms with van der Waals surface area (Å²) in [7, 11) is 3.88. The van der Waals surface area contributed by atoms with Gasteiger partial charge < -0.3 is 15.0 Å². The van der Waals surface area contributed by atoms with Gasteiger partial charge in [-0.15, -0.1) is 0 Å². The number of pyridine rings is 1. The van der Waals surface area contributed by atoms with Gasteiger partial charge in [0.25, 0.3) is 5.91 Å². The fourth-order valence-electron chi connectivity index (χ4n) is 2.52. The van der Waals surface area contributed by atoms with Gasteiger partial charge in [-0.2, -0.15) is 0 Å². The van der Waals surface area contributed by atoms with Crippen molar-refractivity contribution in [1.82, 2.24) is 4.98 Å². The summed E-state index contributed by atoms with van der Waals surface area (Å²) >= 11 is 0. The first kappa shape index (κ1) is 17.4. The zero-order valence-electron chi connectivity index (χ0n) is 14.6. The topological polar surface area (TPSA) is 71.5 Å². The minimum atomic E-state index is -0.625. The van der Waals surface area contributed by atoms with E-state index in [0.29, 0.717) is 11.1 Å². The summed E-state index contributed by atoms with van der Waals surface area (Å²) in [5.74, 6) is -1.03. The number of amides is 1. The molecule has 2 aromatic carbocycles. The molecule has 0 aliphatic carbocycles. The molecule has 0 saturated heterocycles. The second-order valence-corrected chi connectivity index (χ2v) is 5.95. The molecule has 0 aliphatic rings. The molecular weight excluding hydrogens is 330 g/mol. The minimum absolute atomic E-state index is 0.200. The third kappa shape index (κ3) is 3.97. The average Bonchev–Trinajstić information content (AvgIpc) is 2.66. The Morgan fingerprint density at radius 3 is 2.50 bits per heavy atom. The molecule has 132 valence electrons. The van der Waals surface area contributed by atoms with Gasteiger partial charge in [-0.05, 0) is 35.7 Å². The molecule has 0 bridgehead atoms. The number of carbonyl (C=O) groups is 2. The zero-order valence-corrected chi connectivity index (χ0v) is 14.6. The second kappa shape index (κ2) is 7.65. The first-order valence-corrected chi connectivity index (χ1v) is 8.13. The first-order chi connectivity index (χ1) is 12.5. The molecule has 1 heterocycles. The van der Waals surface area contributed by atoms with Crippen molar-refractivity contribution >= 4 is 34.0 Å². The lowest BCUT2D eigenvalue weighted by atomic mass is 10.1. The van der Waals surface area contributed by atoms with Gasteiger partial charge in [-0.1, -0.05) is 24.3 Å². The summed E-state index contributed by atoms with van der Waals surface area (Å²) in [6.45, 7) is -0.376. The number of hydrogen-bond acceptors (Lipinski definition) is 5. The molecule has 0 unspecified atom stereocenters. The van der Waals surface area contributed by atoms with Gasteiger partial charge >= 0.3 is 5.97 Å². The van der Waals surface area contributed by atoms with Gasteiger partial charge in [0.2, 0.25) is 0 Å². The van der Waals surface area contributed by atoms with Gasteiger partial charge in [0.05, 0.1) is 0 Å². The molecule has 1 amide bonds. The van der Waals surface area contributed by atoms with Crippen molar-refractivity contribution in [1.29, 1.82) is 0 Å².